The van der Waals surface area contributed by atoms with Crippen LogP contribution in [0.3, 0.4) is 0 Å². The molecule has 6 nitrogen and oxygen atoms in total. The van der Waals surface area contributed by atoms with E-state index >= 15 is 0 Å². The second-order valence-corrected chi connectivity index (χ2v) is 10.0. The first-order valence-corrected chi connectivity index (χ1v) is 11.6. The average Bonchev–Trinajstić information content (AvgIpc) is 2.65. The summed E-state index contributed by atoms with van der Waals surface area (Å²) in [4.78, 5) is 27.0. The topological polar surface area (TPSA) is 83.6 Å². The van der Waals surface area contributed by atoms with Crippen LogP contribution < -0.4 is 5.32 Å². The number of likely N-dealkylation sites (tertiary alicyclic amines) is 1. The molecule has 0 bridgehead atoms. The lowest BCUT2D eigenvalue weighted by Gasteiger charge is -2.26. The summed E-state index contributed by atoms with van der Waals surface area (Å²) in [6.45, 7) is 3.39. The number of nitrogens with zero attached hydrogens (tertiary/aromatic N) is 1. The highest BCUT2D eigenvalue weighted by Crippen LogP contribution is 2.38. The van der Waals surface area contributed by atoms with Gasteiger partial charge in [-0.2, -0.15) is 0 Å². The zero-order chi connectivity index (χ0) is 18.7. The Morgan fingerprint density at radius 2 is 2.00 bits per heavy atom. The third-order valence-corrected chi connectivity index (χ3v) is 7.95. The molecule has 1 aromatic rings. The van der Waals surface area contributed by atoms with E-state index in [2.05, 4.69) is 5.32 Å². The van der Waals surface area contributed by atoms with E-state index in [0.717, 1.165) is 37.2 Å². The van der Waals surface area contributed by atoms with E-state index in [0.29, 0.717) is 12.1 Å². The Balaban J connectivity index is 1.69. The summed E-state index contributed by atoms with van der Waals surface area (Å²) < 4.78 is 25.2. The summed E-state index contributed by atoms with van der Waals surface area (Å²) in [7, 11) is -3.57. The molecule has 2 aliphatic rings. The molecule has 1 aromatic carbocycles. The van der Waals surface area contributed by atoms with Crippen molar-refractivity contribution in [1.82, 2.24) is 4.90 Å². The monoisotopic (exact) mass is 396 g/mol. The summed E-state index contributed by atoms with van der Waals surface area (Å²) in [5, 5.41) is 2.64. The predicted octanol–water partition coefficient (Wildman–Crippen LogP) is 2.69. The molecular weight excluding hydrogens is 372 g/mol. The average molecular weight is 397 g/mol. The second kappa shape index (κ2) is 8.00. The van der Waals surface area contributed by atoms with Crippen molar-refractivity contribution in [3.63, 3.8) is 0 Å². The molecule has 1 unspecified atom stereocenters. The molecule has 1 atom stereocenters. The number of carbonyl (C=O) groups excluding carboxylic acids is 2. The number of rotatable bonds is 5. The van der Waals surface area contributed by atoms with E-state index in [-0.39, 0.29) is 34.1 Å². The molecular formula is C18H24N2O4S2. The number of hydrogen-bond acceptors (Lipinski definition) is 5. The molecule has 2 heterocycles. The van der Waals surface area contributed by atoms with Crippen LogP contribution in [-0.4, -0.2) is 49.2 Å². The first kappa shape index (κ1) is 19.2. The summed E-state index contributed by atoms with van der Waals surface area (Å²) in [6.07, 6.45) is 3.81. The maximum absolute atomic E-state index is 12.6. The SMILES string of the molecule is CCC1Sc2ccc(S(=O)(=O)CCC(=O)N3CCCCC3)cc2NC1=O. The van der Waals surface area contributed by atoms with Crippen LogP contribution in [0, 0.1) is 0 Å². The molecule has 3 rings (SSSR count). The first-order valence-electron chi connectivity index (χ1n) is 9.03. The largest absolute Gasteiger partial charge is 0.343 e. The van der Waals surface area contributed by atoms with Crippen molar-refractivity contribution in [1.29, 1.82) is 0 Å². The van der Waals surface area contributed by atoms with Crippen molar-refractivity contribution < 1.29 is 18.0 Å². The molecule has 0 radical (unpaired) electrons. The number of amides is 2. The van der Waals surface area contributed by atoms with Crippen LogP contribution in [0.1, 0.15) is 39.0 Å². The van der Waals surface area contributed by atoms with Crippen LogP contribution in [0.15, 0.2) is 28.0 Å². The number of benzene rings is 1. The molecule has 142 valence electrons. The molecule has 1 N–H and O–H groups in total. The van der Waals surface area contributed by atoms with Gasteiger partial charge in [-0.25, -0.2) is 8.42 Å². The maximum Gasteiger partial charge on any atom is 0.237 e. The van der Waals surface area contributed by atoms with E-state index in [1.165, 1.54) is 17.8 Å². The lowest BCUT2D eigenvalue weighted by atomic mass is 10.1. The van der Waals surface area contributed by atoms with Gasteiger partial charge in [0.05, 0.1) is 21.6 Å². The summed E-state index contributed by atoms with van der Waals surface area (Å²) in [5.41, 5.74) is 0.535. The number of nitrogens with one attached hydrogen (secondary N) is 1. The quantitative estimate of drug-likeness (QED) is 0.827. The fourth-order valence-corrected chi connectivity index (χ4v) is 5.51. The Morgan fingerprint density at radius 1 is 1.27 bits per heavy atom. The Labute approximate surface area is 158 Å². The van der Waals surface area contributed by atoms with E-state index in [1.807, 2.05) is 6.92 Å². The molecule has 0 aliphatic carbocycles. The normalized spacial score (nSPS) is 20.4. The van der Waals surface area contributed by atoms with Gasteiger partial charge in [-0.05, 0) is 43.9 Å². The van der Waals surface area contributed by atoms with Gasteiger partial charge in [0.2, 0.25) is 11.8 Å². The van der Waals surface area contributed by atoms with E-state index in [9.17, 15) is 18.0 Å². The lowest BCUT2D eigenvalue weighted by Crippen LogP contribution is -2.36. The van der Waals surface area contributed by atoms with Crippen molar-refractivity contribution in [3.8, 4) is 0 Å². The van der Waals surface area contributed by atoms with Gasteiger partial charge in [0.15, 0.2) is 9.84 Å². The molecule has 8 heteroatoms. The maximum atomic E-state index is 12.6. The number of piperidine rings is 1. The third kappa shape index (κ3) is 4.23. The minimum absolute atomic E-state index is 0.00155. The number of thioether (sulfide) groups is 1. The predicted molar refractivity (Wildman–Crippen MR) is 102 cm³/mol. The Bertz CT molecular complexity index is 801. The fourth-order valence-electron chi connectivity index (χ4n) is 3.23. The number of fused-ring (bicyclic) bond motifs is 1. The summed E-state index contributed by atoms with van der Waals surface area (Å²) >= 11 is 1.45. The summed E-state index contributed by atoms with van der Waals surface area (Å²) in [5.74, 6) is -0.402. The van der Waals surface area contributed by atoms with Gasteiger partial charge >= 0.3 is 0 Å². The van der Waals surface area contributed by atoms with Gasteiger partial charge in [0, 0.05) is 24.4 Å². The van der Waals surface area contributed by atoms with Crippen molar-refractivity contribution in [2.45, 2.75) is 54.1 Å². The van der Waals surface area contributed by atoms with Gasteiger partial charge < -0.3 is 10.2 Å². The first-order chi connectivity index (χ1) is 12.4. The Hall–Kier alpha value is -1.54. The third-order valence-electron chi connectivity index (χ3n) is 4.79. The number of anilines is 1. The molecule has 26 heavy (non-hydrogen) atoms. The van der Waals surface area contributed by atoms with Crippen LogP contribution in [-0.2, 0) is 19.4 Å². The smallest absolute Gasteiger partial charge is 0.237 e. The molecule has 0 saturated carbocycles. The van der Waals surface area contributed by atoms with Crippen LogP contribution in [0.25, 0.3) is 0 Å². The highest BCUT2D eigenvalue weighted by molar-refractivity contribution is 8.01. The number of sulfone groups is 1. The van der Waals surface area contributed by atoms with Gasteiger partial charge in [-0.1, -0.05) is 6.92 Å². The molecule has 2 amide bonds. The van der Waals surface area contributed by atoms with Crippen LogP contribution in [0.5, 0.6) is 0 Å². The standard InChI is InChI=1S/C18H24N2O4S2/c1-2-15-18(22)19-14-12-13(6-7-16(14)25-15)26(23,24)11-8-17(21)20-9-4-3-5-10-20/h6-7,12,15H,2-5,8-11H2,1H3,(H,19,22). The molecule has 2 aliphatic heterocycles. The minimum atomic E-state index is -3.57. The fraction of sp³-hybridized carbons (Fsp3) is 0.556. The molecule has 0 aromatic heterocycles. The van der Waals surface area contributed by atoms with Crippen LogP contribution >= 0.6 is 11.8 Å². The Morgan fingerprint density at radius 3 is 2.69 bits per heavy atom. The number of carbonyl (C=O) groups is 2. The highest BCUT2D eigenvalue weighted by Gasteiger charge is 2.27. The lowest BCUT2D eigenvalue weighted by molar-refractivity contribution is -0.131. The van der Waals surface area contributed by atoms with Gasteiger partial charge in [-0.15, -0.1) is 11.8 Å². The van der Waals surface area contributed by atoms with Crippen LogP contribution in [0.2, 0.25) is 0 Å². The van der Waals surface area contributed by atoms with Gasteiger partial charge in [0.25, 0.3) is 0 Å². The van der Waals surface area contributed by atoms with E-state index < -0.39 is 9.84 Å². The van der Waals surface area contributed by atoms with Crippen molar-refractivity contribution in [3.05, 3.63) is 18.2 Å². The van der Waals surface area contributed by atoms with Crippen LogP contribution in [0.4, 0.5) is 5.69 Å². The van der Waals surface area contributed by atoms with E-state index in [4.69, 9.17) is 0 Å². The van der Waals surface area contributed by atoms with Crippen molar-refractivity contribution >= 4 is 39.1 Å². The van der Waals surface area contributed by atoms with Crippen molar-refractivity contribution in [2.75, 3.05) is 24.2 Å². The zero-order valence-electron chi connectivity index (χ0n) is 14.9. The van der Waals surface area contributed by atoms with Gasteiger partial charge in [-0.3, -0.25) is 9.59 Å². The molecule has 1 fully saturated rings. The highest BCUT2D eigenvalue weighted by atomic mass is 32.2. The number of hydrogen-bond donors (Lipinski definition) is 1. The Kier molecular flexibility index (Phi) is 5.92. The van der Waals surface area contributed by atoms with Gasteiger partial charge in [0.1, 0.15) is 0 Å². The second-order valence-electron chi connectivity index (χ2n) is 6.67. The zero-order valence-corrected chi connectivity index (χ0v) is 16.5. The van der Waals surface area contributed by atoms with Crippen molar-refractivity contribution in [2.24, 2.45) is 0 Å². The molecule has 0 spiro atoms. The summed E-state index contributed by atoms with van der Waals surface area (Å²) in [6, 6.07) is 4.81. The van der Waals surface area contributed by atoms with E-state index in [1.54, 1.807) is 17.0 Å². The minimum Gasteiger partial charge on any atom is -0.343 e. The molecule has 1 saturated heterocycles.